The number of ether oxygens (including phenoxy) is 2. The van der Waals surface area contributed by atoms with Crippen LogP contribution in [0.3, 0.4) is 0 Å². The molecule has 2 heterocycles. The minimum absolute atomic E-state index is 0.233. The molecule has 1 aliphatic carbocycles. The van der Waals surface area contributed by atoms with E-state index in [0.717, 1.165) is 27.6 Å². The Morgan fingerprint density at radius 3 is 2.44 bits per heavy atom. The van der Waals surface area contributed by atoms with Crippen molar-refractivity contribution in [2.75, 3.05) is 6.61 Å². The van der Waals surface area contributed by atoms with Gasteiger partial charge in [-0.15, -0.1) is 11.3 Å². The average Bonchev–Trinajstić information content (AvgIpc) is 3.61. The number of aryl methyl sites for hydroxylation is 1. The predicted octanol–water partition coefficient (Wildman–Crippen LogP) is 7.85. The Morgan fingerprint density at radius 2 is 1.77 bits per heavy atom. The smallest absolute Gasteiger partial charge is 0.348 e. The number of carboxylic acids is 1. The SMILES string of the molecule is Cc1oc(-c2cccs2)nc1CCOc1ccc(CC(C)(Oc2ccc(C3CCCCC3)cc2)C(=O)O)cc1. The molecule has 6 nitrogen and oxygen atoms in total. The Labute approximate surface area is 233 Å². The van der Waals surface area contributed by atoms with Gasteiger partial charge < -0.3 is 19.0 Å². The maximum absolute atomic E-state index is 12.2. The van der Waals surface area contributed by atoms with E-state index in [1.54, 1.807) is 18.3 Å². The van der Waals surface area contributed by atoms with E-state index < -0.39 is 11.6 Å². The van der Waals surface area contributed by atoms with E-state index in [9.17, 15) is 9.90 Å². The quantitative estimate of drug-likeness (QED) is 0.207. The molecular formula is C32H35NO5S. The number of carbonyl (C=O) groups is 1. The second kappa shape index (κ2) is 12.1. The van der Waals surface area contributed by atoms with Crippen molar-refractivity contribution < 1.29 is 23.8 Å². The Balaban J connectivity index is 1.16. The molecule has 1 aliphatic rings. The van der Waals surface area contributed by atoms with Gasteiger partial charge in [0.1, 0.15) is 17.3 Å². The zero-order valence-corrected chi connectivity index (χ0v) is 23.3. The number of carboxylic acid groups (broad SMARTS) is 1. The van der Waals surface area contributed by atoms with Crippen molar-refractivity contribution in [2.45, 2.75) is 70.3 Å². The summed E-state index contributed by atoms with van der Waals surface area (Å²) in [6.07, 6.45) is 7.20. The van der Waals surface area contributed by atoms with Gasteiger partial charge in [0.05, 0.1) is 17.2 Å². The first-order valence-electron chi connectivity index (χ1n) is 13.6. The Hall–Kier alpha value is -3.58. The summed E-state index contributed by atoms with van der Waals surface area (Å²) in [4.78, 5) is 17.8. The maximum Gasteiger partial charge on any atom is 0.348 e. The molecule has 1 N–H and O–H groups in total. The highest BCUT2D eigenvalue weighted by Gasteiger charge is 2.36. The maximum atomic E-state index is 12.2. The number of nitrogens with zero attached hydrogens (tertiary/aromatic N) is 1. The minimum Gasteiger partial charge on any atom is -0.493 e. The van der Waals surface area contributed by atoms with Gasteiger partial charge in [-0.25, -0.2) is 9.78 Å². The van der Waals surface area contributed by atoms with Crippen molar-refractivity contribution in [3.05, 3.63) is 88.6 Å². The lowest BCUT2D eigenvalue weighted by Gasteiger charge is -2.27. The average molecular weight is 546 g/mol. The predicted molar refractivity (Wildman–Crippen MR) is 153 cm³/mol. The van der Waals surface area contributed by atoms with Gasteiger partial charge in [-0.05, 0) is 79.4 Å². The molecule has 5 rings (SSSR count). The molecule has 1 atom stereocenters. The van der Waals surface area contributed by atoms with E-state index in [1.807, 2.05) is 60.8 Å². The molecule has 1 unspecified atom stereocenters. The molecule has 0 saturated heterocycles. The van der Waals surface area contributed by atoms with Crippen molar-refractivity contribution in [2.24, 2.45) is 0 Å². The van der Waals surface area contributed by atoms with Crippen LogP contribution in [0.25, 0.3) is 10.8 Å². The zero-order valence-electron chi connectivity index (χ0n) is 22.5. The molecule has 0 radical (unpaired) electrons. The van der Waals surface area contributed by atoms with Gasteiger partial charge in [0.25, 0.3) is 0 Å². The molecular weight excluding hydrogens is 510 g/mol. The largest absolute Gasteiger partial charge is 0.493 e. The highest BCUT2D eigenvalue weighted by molar-refractivity contribution is 7.13. The lowest BCUT2D eigenvalue weighted by molar-refractivity contribution is -0.153. The molecule has 0 spiro atoms. The fourth-order valence-corrected chi connectivity index (χ4v) is 5.83. The first-order chi connectivity index (χ1) is 18.9. The summed E-state index contributed by atoms with van der Waals surface area (Å²) >= 11 is 1.60. The van der Waals surface area contributed by atoms with Crippen LogP contribution < -0.4 is 9.47 Å². The Kier molecular flexibility index (Phi) is 8.36. The lowest BCUT2D eigenvalue weighted by Crippen LogP contribution is -2.43. The molecule has 7 heteroatoms. The summed E-state index contributed by atoms with van der Waals surface area (Å²) in [5, 5.41) is 12.0. The normalized spacial score (nSPS) is 15.5. The molecule has 2 aromatic heterocycles. The molecule has 1 saturated carbocycles. The van der Waals surface area contributed by atoms with Crippen molar-refractivity contribution in [1.29, 1.82) is 0 Å². The van der Waals surface area contributed by atoms with Crippen LogP contribution >= 0.6 is 11.3 Å². The molecule has 0 bridgehead atoms. The van der Waals surface area contributed by atoms with Crippen LogP contribution in [0.2, 0.25) is 0 Å². The number of aromatic nitrogens is 1. The summed E-state index contributed by atoms with van der Waals surface area (Å²) in [7, 11) is 0. The second-order valence-electron chi connectivity index (χ2n) is 10.5. The van der Waals surface area contributed by atoms with Crippen molar-refractivity contribution in [1.82, 2.24) is 4.98 Å². The third kappa shape index (κ3) is 6.71. The van der Waals surface area contributed by atoms with Crippen LogP contribution in [0, 0.1) is 6.92 Å². The Morgan fingerprint density at radius 1 is 1.05 bits per heavy atom. The summed E-state index contributed by atoms with van der Waals surface area (Å²) in [5.74, 6) is 2.34. The van der Waals surface area contributed by atoms with Crippen LogP contribution in [0.5, 0.6) is 11.5 Å². The second-order valence-corrected chi connectivity index (χ2v) is 11.4. The van der Waals surface area contributed by atoms with Crippen LogP contribution in [0.1, 0.15) is 67.5 Å². The van der Waals surface area contributed by atoms with Gasteiger partial charge in [-0.1, -0.05) is 49.6 Å². The van der Waals surface area contributed by atoms with Gasteiger partial charge in [0, 0.05) is 12.8 Å². The van der Waals surface area contributed by atoms with Gasteiger partial charge in [0.2, 0.25) is 11.5 Å². The summed E-state index contributed by atoms with van der Waals surface area (Å²) in [6, 6.07) is 19.5. The van der Waals surface area contributed by atoms with E-state index >= 15 is 0 Å². The first kappa shape index (κ1) is 27.0. The van der Waals surface area contributed by atoms with E-state index in [2.05, 4.69) is 17.1 Å². The fraction of sp³-hybridized carbons (Fsp3) is 0.375. The van der Waals surface area contributed by atoms with Crippen LogP contribution in [-0.4, -0.2) is 28.3 Å². The number of hydrogen-bond acceptors (Lipinski definition) is 6. The lowest BCUT2D eigenvalue weighted by atomic mass is 9.84. The third-order valence-electron chi connectivity index (χ3n) is 7.45. The van der Waals surface area contributed by atoms with Gasteiger partial charge in [-0.3, -0.25) is 0 Å². The molecule has 4 aromatic rings. The number of benzene rings is 2. The molecule has 204 valence electrons. The number of oxazole rings is 1. The number of thiophene rings is 1. The summed E-state index contributed by atoms with van der Waals surface area (Å²) < 4.78 is 17.8. The number of aliphatic carboxylic acids is 1. The highest BCUT2D eigenvalue weighted by Crippen LogP contribution is 2.34. The third-order valence-corrected chi connectivity index (χ3v) is 8.31. The number of hydrogen-bond donors (Lipinski definition) is 1. The van der Waals surface area contributed by atoms with Crippen molar-refractivity contribution >= 4 is 17.3 Å². The van der Waals surface area contributed by atoms with Crippen LogP contribution in [-0.2, 0) is 17.6 Å². The van der Waals surface area contributed by atoms with Gasteiger partial charge in [0.15, 0.2) is 0 Å². The summed E-state index contributed by atoms with van der Waals surface area (Å²) in [5.41, 5.74) is 1.67. The standard InChI is InChI=1S/C32H35NO5S/c1-22-28(33-30(37-22)29-9-6-20-39-29)18-19-36-26-14-10-23(11-15-26)21-32(2,31(34)35)38-27-16-12-25(13-17-27)24-7-4-3-5-8-24/h6,9-17,20,24H,3-5,7-8,18-19,21H2,1-2H3,(H,34,35). The summed E-state index contributed by atoms with van der Waals surface area (Å²) in [6.45, 7) is 4.00. The van der Waals surface area contributed by atoms with E-state index in [-0.39, 0.29) is 6.42 Å². The molecule has 1 fully saturated rings. The van der Waals surface area contributed by atoms with Crippen molar-refractivity contribution in [3.63, 3.8) is 0 Å². The first-order valence-corrected chi connectivity index (χ1v) is 14.5. The molecule has 2 aromatic carbocycles. The minimum atomic E-state index is -1.39. The molecule has 39 heavy (non-hydrogen) atoms. The Bertz CT molecular complexity index is 1350. The topological polar surface area (TPSA) is 81.8 Å². The van der Waals surface area contributed by atoms with Gasteiger partial charge >= 0.3 is 5.97 Å². The van der Waals surface area contributed by atoms with E-state index in [0.29, 0.717) is 30.6 Å². The van der Waals surface area contributed by atoms with E-state index in [4.69, 9.17) is 13.9 Å². The van der Waals surface area contributed by atoms with E-state index in [1.165, 1.54) is 37.7 Å². The molecule has 0 aliphatic heterocycles. The fourth-order valence-electron chi connectivity index (χ4n) is 5.18. The van der Waals surface area contributed by atoms with Crippen LogP contribution in [0.4, 0.5) is 0 Å². The molecule has 0 amide bonds. The van der Waals surface area contributed by atoms with Gasteiger partial charge in [-0.2, -0.15) is 0 Å². The zero-order chi connectivity index (χ0) is 27.2. The number of rotatable bonds is 11. The van der Waals surface area contributed by atoms with Crippen LogP contribution in [0.15, 0.2) is 70.5 Å². The highest BCUT2D eigenvalue weighted by atomic mass is 32.1. The van der Waals surface area contributed by atoms with Crippen molar-refractivity contribution in [3.8, 4) is 22.3 Å². The monoisotopic (exact) mass is 545 g/mol.